The molecule has 1 aliphatic heterocycles. The zero-order chi connectivity index (χ0) is 7.30. The highest BCUT2D eigenvalue weighted by molar-refractivity contribution is 5.10. The van der Waals surface area contributed by atoms with Crippen molar-refractivity contribution >= 4 is 0 Å². The molecule has 10 heavy (non-hydrogen) atoms. The molecule has 0 amide bonds. The molecule has 4 unspecified atom stereocenters. The van der Waals surface area contributed by atoms with Gasteiger partial charge in [-0.2, -0.15) is 0 Å². The minimum absolute atomic E-state index is 0.415. The molecular formula is C8H16N2. The van der Waals surface area contributed by atoms with E-state index in [1.54, 1.807) is 0 Å². The third kappa shape index (κ3) is 0.722. The smallest absolute Gasteiger partial charge is 0.0171 e. The van der Waals surface area contributed by atoms with Gasteiger partial charge in [0.05, 0.1) is 0 Å². The van der Waals surface area contributed by atoms with E-state index in [1.807, 2.05) is 0 Å². The first kappa shape index (κ1) is 6.62. The zero-order valence-corrected chi connectivity index (χ0v) is 6.75. The number of fused-ring (bicyclic) bond motifs is 1. The molecule has 2 fully saturated rings. The van der Waals surface area contributed by atoms with Gasteiger partial charge in [0.1, 0.15) is 0 Å². The molecule has 0 aromatic rings. The van der Waals surface area contributed by atoms with Crippen LogP contribution in [0.1, 0.15) is 13.3 Å². The van der Waals surface area contributed by atoms with Gasteiger partial charge in [-0.25, -0.2) is 0 Å². The first-order valence-electron chi connectivity index (χ1n) is 4.17. The highest BCUT2D eigenvalue weighted by atomic mass is 15.2. The number of hydrogen-bond acceptors (Lipinski definition) is 2. The summed E-state index contributed by atoms with van der Waals surface area (Å²) in [6.07, 6.45) is 1.38. The van der Waals surface area contributed by atoms with Crippen molar-refractivity contribution in [2.45, 2.75) is 25.4 Å². The van der Waals surface area contributed by atoms with Crippen molar-refractivity contribution < 1.29 is 0 Å². The van der Waals surface area contributed by atoms with Crippen LogP contribution in [0.4, 0.5) is 0 Å². The maximum atomic E-state index is 5.82. The summed E-state index contributed by atoms with van der Waals surface area (Å²) in [5.41, 5.74) is 5.82. The normalized spacial score (nSPS) is 48.9. The second-order valence-electron chi connectivity index (χ2n) is 3.86. The van der Waals surface area contributed by atoms with Crippen LogP contribution < -0.4 is 5.73 Å². The molecule has 1 aliphatic carbocycles. The number of nitrogens with zero attached hydrogens (tertiary/aromatic N) is 1. The van der Waals surface area contributed by atoms with Gasteiger partial charge in [0, 0.05) is 12.1 Å². The Labute approximate surface area is 62.4 Å². The summed E-state index contributed by atoms with van der Waals surface area (Å²) in [5.74, 6) is 1.77. The maximum Gasteiger partial charge on any atom is 0.0171 e. The van der Waals surface area contributed by atoms with Crippen molar-refractivity contribution in [2.24, 2.45) is 17.6 Å². The summed E-state index contributed by atoms with van der Waals surface area (Å²) in [6, 6.07) is 1.26. The molecule has 0 aromatic carbocycles. The number of rotatable bonds is 1. The van der Waals surface area contributed by atoms with E-state index < -0.39 is 0 Å². The van der Waals surface area contributed by atoms with Gasteiger partial charge in [-0.15, -0.1) is 0 Å². The first-order valence-corrected chi connectivity index (χ1v) is 4.17. The lowest BCUT2D eigenvalue weighted by molar-refractivity contribution is 0.326. The summed E-state index contributed by atoms with van der Waals surface area (Å²) < 4.78 is 0. The summed E-state index contributed by atoms with van der Waals surface area (Å²) in [5, 5.41) is 0. The van der Waals surface area contributed by atoms with Crippen LogP contribution >= 0.6 is 0 Å². The van der Waals surface area contributed by atoms with Crippen LogP contribution in [-0.4, -0.2) is 30.6 Å². The van der Waals surface area contributed by atoms with Gasteiger partial charge in [-0.3, -0.25) is 0 Å². The standard InChI is InChI=1S/C8H16N2/c1-5(9)7-6-3-4-10(2)8(6)7/h5-8H,3-4,9H2,1-2H3. The van der Waals surface area contributed by atoms with E-state index in [0.29, 0.717) is 6.04 Å². The molecule has 1 saturated heterocycles. The number of likely N-dealkylation sites (tertiary alicyclic amines) is 1. The van der Waals surface area contributed by atoms with E-state index in [4.69, 9.17) is 5.73 Å². The summed E-state index contributed by atoms with van der Waals surface area (Å²) >= 11 is 0. The van der Waals surface area contributed by atoms with Gasteiger partial charge in [0.25, 0.3) is 0 Å². The van der Waals surface area contributed by atoms with Gasteiger partial charge in [0.2, 0.25) is 0 Å². The van der Waals surface area contributed by atoms with Crippen LogP contribution in [0.2, 0.25) is 0 Å². The predicted octanol–water partition coefficient (Wildman–Crippen LogP) is 0.284. The Balaban J connectivity index is 1.98. The fourth-order valence-electron chi connectivity index (χ4n) is 2.57. The van der Waals surface area contributed by atoms with Crippen LogP contribution in [0.15, 0.2) is 0 Å². The molecule has 2 N–H and O–H groups in total. The molecular weight excluding hydrogens is 124 g/mol. The third-order valence-corrected chi connectivity index (χ3v) is 3.12. The predicted molar refractivity (Wildman–Crippen MR) is 41.7 cm³/mol. The lowest BCUT2D eigenvalue weighted by Crippen LogP contribution is -2.28. The van der Waals surface area contributed by atoms with E-state index in [1.165, 1.54) is 13.0 Å². The molecule has 2 nitrogen and oxygen atoms in total. The van der Waals surface area contributed by atoms with E-state index in [9.17, 15) is 0 Å². The topological polar surface area (TPSA) is 29.3 Å². The number of nitrogens with two attached hydrogens (primary N) is 1. The lowest BCUT2D eigenvalue weighted by atomic mass is 10.1. The summed E-state index contributed by atoms with van der Waals surface area (Å²) in [6.45, 7) is 3.43. The molecule has 1 heterocycles. The summed E-state index contributed by atoms with van der Waals surface area (Å²) in [4.78, 5) is 2.46. The monoisotopic (exact) mass is 140 g/mol. The van der Waals surface area contributed by atoms with Crippen molar-refractivity contribution in [1.82, 2.24) is 4.90 Å². The van der Waals surface area contributed by atoms with Crippen molar-refractivity contribution in [3.05, 3.63) is 0 Å². The molecule has 0 spiro atoms. The van der Waals surface area contributed by atoms with Gasteiger partial charge < -0.3 is 10.6 Å². The SMILES string of the molecule is CC(N)C1C2CCN(C)C21. The van der Waals surface area contributed by atoms with Crippen molar-refractivity contribution in [2.75, 3.05) is 13.6 Å². The zero-order valence-electron chi connectivity index (χ0n) is 6.75. The minimum Gasteiger partial charge on any atom is -0.328 e. The van der Waals surface area contributed by atoms with E-state index in [-0.39, 0.29) is 0 Å². The molecule has 0 bridgehead atoms. The Bertz CT molecular complexity index is 140. The minimum atomic E-state index is 0.415. The quantitative estimate of drug-likeness (QED) is 0.567. The second kappa shape index (κ2) is 1.95. The van der Waals surface area contributed by atoms with E-state index >= 15 is 0 Å². The van der Waals surface area contributed by atoms with Crippen LogP contribution in [0, 0.1) is 11.8 Å². The van der Waals surface area contributed by atoms with Gasteiger partial charge in [0.15, 0.2) is 0 Å². The average molecular weight is 140 g/mol. The highest BCUT2D eigenvalue weighted by Gasteiger charge is 2.56. The molecule has 0 radical (unpaired) electrons. The van der Waals surface area contributed by atoms with Gasteiger partial charge >= 0.3 is 0 Å². The lowest BCUT2D eigenvalue weighted by Gasteiger charge is -2.14. The third-order valence-electron chi connectivity index (χ3n) is 3.12. The Morgan fingerprint density at radius 2 is 2.30 bits per heavy atom. The average Bonchev–Trinajstić information content (AvgIpc) is 2.48. The number of hydrogen-bond donors (Lipinski definition) is 1. The molecule has 0 aromatic heterocycles. The number of piperidine rings is 1. The van der Waals surface area contributed by atoms with Gasteiger partial charge in [-0.05, 0) is 38.8 Å². The summed E-state index contributed by atoms with van der Waals surface area (Å²) in [7, 11) is 2.22. The Morgan fingerprint density at radius 1 is 1.60 bits per heavy atom. The molecule has 1 saturated carbocycles. The van der Waals surface area contributed by atoms with E-state index in [2.05, 4.69) is 18.9 Å². The first-order chi connectivity index (χ1) is 4.72. The Kier molecular flexibility index (Phi) is 1.29. The molecule has 2 aliphatic rings. The largest absolute Gasteiger partial charge is 0.328 e. The van der Waals surface area contributed by atoms with Gasteiger partial charge in [-0.1, -0.05) is 0 Å². The second-order valence-corrected chi connectivity index (χ2v) is 3.86. The van der Waals surface area contributed by atoms with Crippen LogP contribution in [0.5, 0.6) is 0 Å². The molecule has 4 atom stereocenters. The Morgan fingerprint density at radius 3 is 2.60 bits per heavy atom. The van der Waals surface area contributed by atoms with Crippen molar-refractivity contribution in [1.29, 1.82) is 0 Å². The maximum absolute atomic E-state index is 5.82. The fourth-order valence-corrected chi connectivity index (χ4v) is 2.57. The molecule has 2 rings (SSSR count). The highest BCUT2D eigenvalue weighted by Crippen LogP contribution is 2.51. The van der Waals surface area contributed by atoms with Crippen molar-refractivity contribution in [3.63, 3.8) is 0 Å². The van der Waals surface area contributed by atoms with Crippen molar-refractivity contribution in [3.8, 4) is 0 Å². The van der Waals surface area contributed by atoms with E-state index in [0.717, 1.165) is 17.9 Å². The van der Waals surface area contributed by atoms with Crippen LogP contribution in [0.25, 0.3) is 0 Å². The van der Waals surface area contributed by atoms with Crippen LogP contribution in [-0.2, 0) is 0 Å². The molecule has 2 heteroatoms. The van der Waals surface area contributed by atoms with Crippen LogP contribution in [0.3, 0.4) is 0 Å². The molecule has 58 valence electrons. The Hall–Kier alpha value is -0.0800. The fraction of sp³-hybridized carbons (Fsp3) is 1.00.